The lowest BCUT2D eigenvalue weighted by Gasteiger charge is -2.37. The average molecular weight is 377 g/mol. The molecule has 1 amide bonds. The number of fused-ring (bicyclic) bond motifs is 1. The third-order valence-corrected chi connectivity index (χ3v) is 6.23. The Kier molecular flexibility index (Phi) is 5.21. The molecule has 0 bridgehead atoms. The van der Waals surface area contributed by atoms with Gasteiger partial charge in [0, 0.05) is 25.7 Å². The maximum atomic E-state index is 12.9. The zero-order valence-corrected chi connectivity index (χ0v) is 17.1. The summed E-state index contributed by atoms with van der Waals surface area (Å²) < 4.78 is 1.45. The summed E-state index contributed by atoms with van der Waals surface area (Å²) in [6.45, 7) is 11.2. The minimum atomic E-state index is -0.338. The van der Waals surface area contributed by atoms with E-state index in [1.807, 2.05) is 6.92 Å². The topological polar surface area (TPSA) is 67.2 Å². The normalized spacial score (nSPS) is 19.0. The van der Waals surface area contributed by atoms with Crippen molar-refractivity contribution >= 4 is 27.5 Å². The van der Waals surface area contributed by atoms with Crippen molar-refractivity contribution in [3.63, 3.8) is 0 Å². The molecule has 1 saturated heterocycles. The summed E-state index contributed by atoms with van der Waals surface area (Å²) in [7, 11) is 1.67. The number of aryl methyl sites for hydroxylation is 2. The van der Waals surface area contributed by atoms with Crippen LogP contribution in [0, 0.1) is 12.8 Å². The van der Waals surface area contributed by atoms with Crippen LogP contribution in [0.1, 0.15) is 48.8 Å². The molecular weight excluding hydrogens is 348 g/mol. The number of amides is 1. The number of piperidine rings is 1. The van der Waals surface area contributed by atoms with E-state index in [-0.39, 0.29) is 17.0 Å². The largest absolute Gasteiger partial charge is 0.345 e. The minimum absolute atomic E-state index is 0.107. The fourth-order valence-electron chi connectivity index (χ4n) is 3.82. The molecular formula is C19H28N4O2S. The van der Waals surface area contributed by atoms with E-state index in [0.29, 0.717) is 21.0 Å². The first-order valence-corrected chi connectivity index (χ1v) is 9.99. The van der Waals surface area contributed by atoms with Crippen molar-refractivity contribution in [2.45, 2.75) is 46.1 Å². The van der Waals surface area contributed by atoms with Gasteiger partial charge in [0.1, 0.15) is 4.83 Å². The summed E-state index contributed by atoms with van der Waals surface area (Å²) in [5, 5.41) is 3.71. The van der Waals surface area contributed by atoms with Gasteiger partial charge in [0.2, 0.25) is 0 Å². The van der Waals surface area contributed by atoms with Crippen molar-refractivity contribution in [2.24, 2.45) is 13.0 Å². The van der Waals surface area contributed by atoms with Gasteiger partial charge in [-0.3, -0.25) is 9.59 Å². The number of nitrogens with one attached hydrogen (secondary N) is 1. The number of nitrogens with zero attached hydrogens (tertiary/aromatic N) is 3. The molecule has 7 heteroatoms. The van der Waals surface area contributed by atoms with Gasteiger partial charge in [-0.1, -0.05) is 6.92 Å². The van der Waals surface area contributed by atoms with Gasteiger partial charge in [-0.05, 0) is 51.6 Å². The predicted octanol–water partition coefficient (Wildman–Crippen LogP) is 2.54. The first-order chi connectivity index (χ1) is 12.2. The molecule has 0 aliphatic carbocycles. The van der Waals surface area contributed by atoms with E-state index in [1.165, 1.54) is 35.1 Å². The van der Waals surface area contributed by atoms with Crippen molar-refractivity contribution in [3.8, 4) is 0 Å². The zero-order chi connectivity index (χ0) is 19.1. The Labute approximate surface area is 158 Å². The van der Waals surface area contributed by atoms with Crippen LogP contribution >= 0.6 is 11.3 Å². The SMILES string of the molecule is Cc1c(C(=O)NC(C)(C)CN2CCC[C@@H](C)C2)sc2ncn(C)c(=O)c12. The lowest BCUT2D eigenvalue weighted by molar-refractivity contribution is 0.0866. The van der Waals surface area contributed by atoms with Gasteiger partial charge >= 0.3 is 0 Å². The van der Waals surface area contributed by atoms with Crippen molar-refractivity contribution in [3.05, 3.63) is 27.1 Å². The van der Waals surface area contributed by atoms with E-state index < -0.39 is 0 Å². The summed E-state index contributed by atoms with van der Waals surface area (Å²) in [5.41, 5.74) is 0.276. The summed E-state index contributed by atoms with van der Waals surface area (Å²) in [4.78, 5) is 33.2. The molecule has 1 atom stereocenters. The highest BCUT2D eigenvalue weighted by molar-refractivity contribution is 7.20. The molecule has 1 aliphatic heterocycles. The molecule has 3 heterocycles. The molecule has 0 spiro atoms. The molecule has 6 nitrogen and oxygen atoms in total. The quantitative estimate of drug-likeness (QED) is 0.890. The van der Waals surface area contributed by atoms with Crippen LogP contribution in [0.3, 0.4) is 0 Å². The van der Waals surface area contributed by atoms with Gasteiger partial charge < -0.3 is 14.8 Å². The van der Waals surface area contributed by atoms with Crippen molar-refractivity contribution in [1.29, 1.82) is 0 Å². The molecule has 1 N–H and O–H groups in total. The Morgan fingerprint density at radius 3 is 2.88 bits per heavy atom. The molecule has 2 aromatic rings. The average Bonchev–Trinajstić information content (AvgIpc) is 2.87. The fraction of sp³-hybridized carbons (Fsp3) is 0.632. The highest BCUT2D eigenvalue weighted by atomic mass is 32.1. The Hall–Kier alpha value is -1.73. The monoisotopic (exact) mass is 376 g/mol. The van der Waals surface area contributed by atoms with Gasteiger partial charge in [-0.2, -0.15) is 0 Å². The second-order valence-electron chi connectivity index (χ2n) is 8.22. The Morgan fingerprint density at radius 2 is 2.19 bits per heavy atom. The van der Waals surface area contributed by atoms with Gasteiger partial charge in [0.25, 0.3) is 11.5 Å². The maximum Gasteiger partial charge on any atom is 0.262 e. The van der Waals surface area contributed by atoms with E-state index in [2.05, 4.69) is 36.0 Å². The van der Waals surface area contributed by atoms with Crippen molar-refractivity contribution in [1.82, 2.24) is 19.8 Å². The highest BCUT2D eigenvalue weighted by Gasteiger charge is 2.28. The van der Waals surface area contributed by atoms with Crippen LogP contribution in [-0.2, 0) is 7.05 Å². The van der Waals surface area contributed by atoms with Gasteiger partial charge in [-0.25, -0.2) is 4.98 Å². The van der Waals surface area contributed by atoms with Gasteiger partial charge in [0.15, 0.2) is 0 Å². The number of aromatic nitrogens is 2. The number of rotatable bonds is 4. The van der Waals surface area contributed by atoms with Crippen molar-refractivity contribution in [2.75, 3.05) is 19.6 Å². The van der Waals surface area contributed by atoms with Crippen LogP contribution in [0.15, 0.2) is 11.1 Å². The highest BCUT2D eigenvalue weighted by Crippen LogP contribution is 2.27. The second kappa shape index (κ2) is 7.12. The molecule has 26 heavy (non-hydrogen) atoms. The molecule has 0 radical (unpaired) electrons. The van der Waals surface area contributed by atoms with Crippen LogP contribution in [0.5, 0.6) is 0 Å². The molecule has 3 rings (SSSR count). The number of hydrogen-bond donors (Lipinski definition) is 1. The number of carbonyl (C=O) groups is 1. The van der Waals surface area contributed by atoms with Crippen LogP contribution in [0.4, 0.5) is 0 Å². The van der Waals surface area contributed by atoms with Crippen LogP contribution in [-0.4, -0.2) is 45.5 Å². The fourth-order valence-corrected chi connectivity index (χ4v) is 4.85. The van der Waals surface area contributed by atoms with E-state index in [4.69, 9.17) is 0 Å². The predicted molar refractivity (Wildman–Crippen MR) is 106 cm³/mol. The summed E-state index contributed by atoms with van der Waals surface area (Å²) in [6.07, 6.45) is 4.01. The van der Waals surface area contributed by atoms with Crippen LogP contribution in [0.25, 0.3) is 10.2 Å². The molecule has 0 saturated carbocycles. The Morgan fingerprint density at radius 1 is 1.46 bits per heavy atom. The number of hydrogen-bond acceptors (Lipinski definition) is 5. The second-order valence-corrected chi connectivity index (χ2v) is 9.22. The molecule has 0 unspecified atom stereocenters. The third kappa shape index (κ3) is 3.83. The molecule has 1 fully saturated rings. The van der Waals surface area contributed by atoms with E-state index in [0.717, 1.165) is 25.2 Å². The molecule has 1 aliphatic rings. The Balaban J connectivity index is 1.79. The van der Waals surface area contributed by atoms with E-state index >= 15 is 0 Å². The standard InChI is InChI=1S/C19H28N4O2S/c1-12-7-6-8-23(9-12)10-19(3,4)21-16(24)15-13(2)14-17(26-15)20-11-22(5)18(14)25/h11-12H,6-10H2,1-5H3,(H,21,24)/t12-/m1/s1. The number of carbonyl (C=O) groups excluding carboxylic acids is 1. The van der Waals surface area contributed by atoms with E-state index in [9.17, 15) is 9.59 Å². The number of thiophene rings is 1. The third-order valence-electron chi connectivity index (χ3n) is 5.03. The smallest absolute Gasteiger partial charge is 0.262 e. The van der Waals surface area contributed by atoms with E-state index in [1.54, 1.807) is 7.05 Å². The van der Waals surface area contributed by atoms with Crippen LogP contribution < -0.4 is 10.9 Å². The molecule has 142 valence electrons. The number of likely N-dealkylation sites (tertiary alicyclic amines) is 1. The zero-order valence-electron chi connectivity index (χ0n) is 16.3. The molecule has 2 aromatic heterocycles. The first-order valence-electron chi connectivity index (χ1n) is 9.17. The van der Waals surface area contributed by atoms with Crippen LogP contribution in [0.2, 0.25) is 0 Å². The molecule has 0 aromatic carbocycles. The summed E-state index contributed by atoms with van der Waals surface area (Å²) in [6, 6.07) is 0. The lowest BCUT2D eigenvalue weighted by atomic mass is 9.97. The Bertz CT molecular complexity index is 884. The van der Waals surface area contributed by atoms with Gasteiger partial charge in [-0.15, -0.1) is 11.3 Å². The first kappa shape index (κ1) is 19.0. The minimum Gasteiger partial charge on any atom is -0.345 e. The summed E-state index contributed by atoms with van der Waals surface area (Å²) in [5.74, 6) is 0.588. The van der Waals surface area contributed by atoms with Gasteiger partial charge in [0.05, 0.1) is 16.6 Å². The summed E-state index contributed by atoms with van der Waals surface area (Å²) >= 11 is 1.29. The van der Waals surface area contributed by atoms with Crippen molar-refractivity contribution < 1.29 is 4.79 Å². The maximum absolute atomic E-state index is 12.9. The lowest BCUT2D eigenvalue weighted by Crippen LogP contribution is -2.53.